The lowest BCUT2D eigenvalue weighted by Gasteiger charge is -2.25. The summed E-state index contributed by atoms with van der Waals surface area (Å²) in [4.78, 5) is 10.9. The van der Waals surface area contributed by atoms with Crippen LogP contribution in [-0.2, 0) is 27.5 Å². The first-order chi connectivity index (χ1) is 12.2. The lowest BCUT2D eigenvalue weighted by molar-refractivity contribution is -0.138. The van der Waals surface area contributed by atoms with Crippen LogP contribution >= 0.6 is 0 Å². The lowest BCUT2D eigenvalue weighted by Crippen LogP contribution is -2.30. The van der Waals surface area contributed by atoms with Gasteiger partial charge in [0.15, 0.2) is 0 Å². The van der Waals surface area contributed by atoms with Gasteiger partial charge in [-0.05, 0) is 17.5 Å². The maximum absolute atomic E-state index is 10.9. The molecule has 0 aliphatic heterocycles. The lowest BCUT2D eigenvalue weighted by atomic mass is 10.1. The average molecular weight is 340 g/mol. The van der Waals surface area contributed by atoms with E-state index in [2.05, 4.69) is 6.58 Å². The average Bonchev–Trinajstić information content (AvgIpc) is 2.65. The molecule has 0 heterocycles. The van der Waals surface area contributed by atoms with Gasteiger partial charge in [-0.15, -0.1) is 6.58 Å². The van der Waals surface area contributed by atoms with Gasteiger partial charge in [0.05, 0.1) is 19.3 Å². The van der Waals surface area contributed by atoms with E-state index in [0.717, 1.165) is 11.1 Å². The van der Waals surface area contributed by atoms with Crippen molar-refractivity contribution in [3.63, 3.8) is 0 Å². The van der Waals surface area contributed by atoms with Crippen LogP contribution in [0.25, 0.3) is 0 Å². The number of carboxylic acid groups (broad SMARTS) is 1. The van der Waals surface area contributed by atoms with E-state index in [4.69, 9.17) is 14.6 Å². The second-order valence-corrected chi connectivity index (χ2v) is 5.76. The molecule has 2 rings (SSSR count). The monoisotopic (exact) mass is 340 g/mol. The number of carboxylic acids is 1. The number of benzene rings is 2. The van der Waals surface area contributed by atoms with E-state index in [1.807, 2.05) is 60.7 Å². The Morgan fingerprint density at radius 3 is 1.96 bits per heavy atom. The highest BCUT2D eigenvalue weighted by molar-refractivity contribution is 5.66. The molecule has 0 radical (unpaired) electrons. The van der Waals surface area contributed by atoms with E-state index in [1.165, 1.54) is 0 Å². The molecule has 0 bridgehead atoms. The third-order valence-corrected chi connectivity index (χ3v) is 3.83. The van der Waals surface area contributed by atoms with Gasteiger partial charge >= 0.3 is 5.97 Å². The Hall–Kier alpha value is -2.43. The zero-order valence-electron chi connectivity index (χ0n) is 14.2. The van der Waals surface area contributed by atoms with Crippen molar-refractivity contribution in [1.29, 1.82) is 0 Å². The third kappa shape index (κ3) is 6.91. The van der Waals surface area contributed by atoms with Crippen molar-refractivity contribution < 1.29 is 19.4 Å². The fourth-order valence-corrected chi connectivity index (χ4v) is 2.48. The smallest absolute Gasteiger partial charge is 0.303 e. The third-order valence-electron chi connectivity index (χ3n) is 3.83. The van der Waals surface area contributed by atoms with Crippen molar-refractivity contribution in [3.8, 4) is 0 Å². The Morgan fingerprint density at radius 1 is 0.960 bits per heavy atom. The van der Waals surface area contributed by atoms with Gasteiger partial charge in [0, 0.05) is 6.42 Å². The predicted octanol–water partition coefficient (Wildman–Crippen LogP) is 4.21. The Balaban J connectivity index is 1.97. The van der Waals surface area contributed by atoms with E-state index in [0.29, 0.717) is 19.6 Å². The van der Waals surface area contributed by atoms with Gasteiger partial charge in [-0.2, -0.15) is 0 Å². The molecule has 0 aromatic heterocycles. The molecular weight excluding hydrogens is 316 g/mol. The van der Waals surface area contributed by atoms with Gasteiger partial charge in [-0.1, -0.05) is 66.7 Å². The zero-order valence-corrected chi connectivity index (χ0v) is 14.2. The van der Waals surface area contributed by atoms with Crippen molar-refractivity contribution in [3.05, 3.63) is 84.4 Å². The quantitative estimate of drug-likeness (QED) is 0.623. The van der Waals surface area contributed by atoms with Crippen LogP contribution in [0, 0.1) is 0 Å². The minimum absolute atomic E-state index is 0.0263. The summed E-state index contributed by atoms with van der Waals surface area (Å²) in [5, 5.41) is 8.99. The molecule has 2 aromatic carbocycles. The number of carbonyl (C=O) groups is 1. The summed E-state index contributed by atoms with van der Waals surface area (Å²) in [6.45, 7) is 4.66. The summed E-state index contributed by atoms with van der Waals surface area (Å²) in [5.41, 5.74) is 2.09. The van der Waals surface area contributed by atoms with Gasteiger partial charge in [0.2, 0.25) is 0 Å². The van der Waals surface area contributed by atoms with E-state index >= 15 is 0 Å². The molecule has 2 unspecified atom stereocenters. The van der Waals surface area contributed by atoms with Crippen molar-refractivity contribution in [2.75, 3.05) is 0 Å². The second kappa shape index (κ2) is 10.4. The summed E-state index contributed by atoms with van der Waals surface area (Å²) >= 11 is 0. The van der Waals surface area contributed by atoms with Crippen LogP contribution in [0.5, 0.6) is 0 Å². The van der Waals surface area contributed by atoms with Crippen molar-refractivity contribution in [2.45, 2.75) is 38.3 Å². The number of hydrogen-bond acceptors (Lipinski definition) is 3. The van der Waals surface area contributed by atoms with Crippen LogP contribution in [0.3, 0.4) is 0 Å². The van der Waals surface area contributed by atoms with Crippen LogP contribution in [-0.4, -0.2) is 23.3 Å². The molecular formula is C21H24O4. The summed E-state index contributed by atoms with van der Waals surface area (Å²) < 4.78 is 11.9. The molecule has 0 saturated carbocycles. The molecule has 4 nitrogen and oxygen atoms in total. The molecule has 0 aliphatic rings. The van der Waals surface area contributed by atoms with Gasteiger partial charge < -0.3 is 14.6 Å². The van der Waals surface area contributed by atoms with Crippen molar-refractivity contribution in [2.24, 2.45) is 0 Å². The first-order valence-electron chi connectivity index (χ1n) is 8.34. The van der Waals surface area contributed by atoms with Crippen LogP contribution in [0.15, 0.2) is 73.3 Å². The highest BCUT2D eigenvalue weighted by Gasteiger charge is 2.21. The van der Waals surface area contributed by atoms with Crippen LogP contribution < -0.4 is 0 Å². The van der Waals surface area contributed by atoms with Crippen LogP contribution in [0.1, 0.15) is 24.0 Å². The number of ether oxygens (including phenoxy) is 2. The zero-order chi connectivity index (χ0) is 17.9. The number of rotatable bonds is 11. The molecule has 25 heavy (non-hydrogen) atoms. The Labute approximate surface area is 148 Å². The van der Waals surface area contributed by atoms with E-state index in [1.54, 1.807) is 6.08 Å². The van der Waals surface area contributed by atoms with Gasteiger partial charge in [-0.3, -0.25) is 4.79 Å². The highest BCUT2D eigenvalue weighted by Crippen LogP contribution is 2.17. The summed E-state index contributed by atoms with van der Waals surface area (Å²) in [7, 11) is 0. The molecule has 0 saturated heterocycles. The molecule has 4 heteroatoms. The Bertz CT molecular complexity index is 639. The van der Waals surface area contributed by atoms with Gasteiger partial charge in [0.1, 0.15) is 6.10 Å². The largest absolute Gasteiger partial charge is 0.481 e. The summed E-state index contributed by atoms with van der Waals surface area (Å²) in [6, 6.07) is 19.6. The molecule has 2 atom stereocenters. The first-order valence-corrected chi connectivity index (χ1v) is 8.34. The molecule has 0 fully saturated rings. The second-order valence-electron chi connectivity index (χ2n) is 5.76. The number of aliphatic carboxylic acids is 1. The van der Waals surface area contributed by atoms with Gasteiger partial charge in [0.25, 0.3) is 0 Å². The topological polar surface area (TPSA) is 55.8 Å². The molecule has 0 aliphatic carbocycles. The Morgan fingerprint density at radius 2 is 1.48 bits per heavy atom. The van der Waals surface area contributed by atoms with Crippen molar-refractivity contribution >= 4 is 5.97 Å². The summed E-state index contributed by atoms with van der Waals surface area (Å²) in [5.74, 6) is -0.848. The molecule has 0 amide bonds. The van der Waals surface area contributed by atoms with E-state index in [-0.39, 0.29) is 18.6 Å². The van der Waals surface area contributed by atoms with Crippen LogP contribution in [0.2, 0.25) is 0 Å². The summed E-state index contributed by atoms with van der Waals surface area (Å²) in [6.07, 6.45) is 1.34. The minimum atomic E-state index is -0.848. The Kier molecular flexibility index (Phi) is 7.89. The SMILES string of the molecule is C=CC(OCc1ccccc1)C(CCC(=O)O)OCc1ccccc1. The van der Waals surface area contributed by atoms with Crippen LogP contribution in [0.4, 0.5) is 0 Å². The maximum Gasteiger partial charge on any atom is 0.303 e. The van der Waals surface area contributed by atoms with E-state index < -0.39 is 5.97 Å². The van der Waals surface area contributed by atoms with Crippen molar-refractivity contribution in [1.82, 2.24) is 0 Å². The first kappa shape index (κ1) is 18.9. The highest BCUT2D eigenvalue weighted by atomic mass is 16.5. The minimum Gasteiger partial charge on any atom is -0.481 e. The molecule has 1 N–H and O–H groups in total. The molecule has 2 aromatic rings. The molecule has 132 valence electrons. The fourth-order valence-electron chi connectivity index (χ4n) is 2.48. The number of hydrogen-bond donors (Lipinski definition) is 1. The normalized spacial score (nSPS) is 13.1. The maximum atomic E-state index is 10.9. The standard InChI is InChI=1S/C21H24O4/c1-2-19(24-15-17-9-5-3-6-10-17)20(13-14-21(22)23)25-16-18-11-7-4-8-12-18/h2-12,19-20H,1,13-16H2,(H,22,23). The predicted molar refractivity (Wildman–Crippen MR) is 97.1 cm³/mol. The fraction of sp³-hybridized carbons (Fsp3) is 0.286. The van der Waals surface area contributed by atoms with E-state index in [9.17, 15) is 4.79 Å². The molecule has 0 spiro atoms. The van der Waals surface area contributed by atoms with Gasteiger partial charge in [-0.25, -0.2) is 0 Å².